The number of hydrogen-bond donors (Lipinski definition) is 0. The van der Waals surface area contributed by atoms with Gasteiger partial charge in [-0.25, -0.2) is 4.79 Å². The van der Waals surface area contributed by atoms with Gasteiger partial charge in [-0.05, 0) is 24.6 Å². The molecule has 5 nitrogen and oxygen atoms in total. The molecule has 1 rings (SSSR count). The third-order valence-corrected chi connectivity index (χ3v) is 2.08. The van der Waals surface area contributed by atoms with E-state index in [1.165, 1.54) is 19.2 Å². The molecule has 15 heavy (non-hydrogen) atoms. The lowest BCUT2D eigenvalue weighted by atomic mass is 10.1. The van der Waals surface area contributed by atoms with Crippen LogP contribution in [0.15, 0.2) is 22.6 Å². The molecule has 0 radical (unpaired) electrons. The highest BCUT2D eigenvalue weighted by Gasteiger charge is 2.11. The van der Waals surface area contributed by atoms with Crippen LogP contribution in [0.4, 0.5) is 5.69 Å². The summed E-state index contributed by atoms with van der Waals surface area (Å²) in [5.74, 6) is -0.612. The maximum atomic E-state index is 11.2. The van der Waals surface area contributed by atoms with E-state index in [1.54, 1.807) is 13.0 Å². The van der Waals surface area contributed by atoms with Gasteiger partial charge in [0, 0.05) is 0 Å². The molecule has 0 saturated heterocycles. The summed E-state index contributed by atoms with van der Waals surface area (Å²) < 4.78 is 28.7. The Balaban J connectivity index is 3.39. The first-order valence-corrected chi connectivity index (χ1v) is 5.08. The van der Waals surface area contributed by atoms with Gasteiger partial charge in [0.1, 0.15) is 0 Å². The number of ether oxygens (including phenoxy) is 1. The standard InChI is InChI=1S/C9H9NO4S/c1-6-3-4-7(9(11)14-2)8(5-6)10-15(12)13/h3-5H,1-2H3. The van der Waals surface area contributed by atoms with Gasteiger partial charge in [0.05, 0.1) is 18.4 Å². The number of methoxy groups -OCH3 is 1. The molecule has 0 unspecified atom stereocenters. The second-order valence-electron chi connectivity index (χ2n) is 2.82. The fraction of sp³-hybridized carbons (Fsp3) is 0.222. The Hall–Kier alpha value is -1.69. The van der Waals surface area contributed by atoms with Gasteiger partial charge < -0.3 is 4.74 Å². The minimum absolute atomic E-state index is 0.0928. The summed E-state index contributed by atoms with van der Waals surface area (Å²) in [4.78, 5) is 11.2. The van der Waals surface area contributed by atoms with Crippen LogP contribution in [0.2, 0.25) is 0 Å². The Morgan fingerprint density at radius 1 is 1.40 bits per heavy atom. The second-order valence-corrected chi connectivity index (χ2v) is 3.44. The topological polar surface area (TPSA) is 72.8 Å². The maximum Gasteiger partial charge on any atom is 0.340 e. The molecule has 0 fully saturated rings. The molecular weight excluding hydrogens is 218 g/mol. The first-order valence-electron chi connectivity index (χ1n) is 4.04. The summed E-state index contributed by atoms with van der Waals surface area (Å²) >= 11 is 0. The number of benzene rings is 1. The van der Waals surface area contributed by atoms with Gasteiger partial charge in [-0.1, -0.05) is 6.07 Å². The first kappa shape index (κ1) is 11.4. The van der Waals surface area contributed by atoms with Crippen molar-refractivity contribution < 1.29 is 17.9 Å². The van der Waals surface area contributed by atoms with Gasteiger partial charge in [-0.15, -0.1) is 4.36 Å². The van der Waals surface area contributed by atoms with Gasteiger partial charge in [-0.3, -0.25) is 0 Å². The van der Waals surface area contributed by atoms with E-state index in [0.717, 1.165) is 5.56 Å². The number of carbonyl (C=O) groups is 1. The zero-order valence-corrected chi connectivity index (χ0v) is 9.04. The quantitative estimate of drug-likeness (QED) is 0.717. The maximum absolute atomic E-state index is 11.2. The SMILES string of the molecule is COC(=O)c1ccc(C)cc1N=S(=O)=O. The number of carbonyl (C=O) groups excluding carboxylic acids is 1. The molecule has 80 valence electrons. The van der Waals surface area contributed by atoms with E-state index in [0.29, 0.717) is 0 Å². The van der Waals surface area contributed by atoms with Crippen LogP contribution in [0.1, 0.15) is 15.9 Å². The number of aryl methyl sites for hydroxylation is 1. The lowest BCUT2D eigenvalue weighted by Gasteiger charge is -2.02. The van der Waals surface area contributed by atoms with E-state index in [-0.39, 0.29) is 11.3 Å². The van der Waals surface area contributed by atoms with Crippen molar-refractivity contribution in [2.24, 2.45) is 4.36 Å². The number of rotatable bonds is 2. The van der Waals surface area contributed by atoms with E-state index >= 15 is 0 Å². The van der Waals surface area contributed by atoms with Crippen molar-refractivity contribution >= 4 is 22.2 Å². The molecule has 0 aliphatic rings. The summed E-state index contributed by atoms with van der Waals surface area (Å²) in [5.41, 5.74) is 1.04. The zero-order valence-electron chi connectivity index (χ0n) is 8.22. The molecule has 0 aliphatic carbocycles. The molecule has 1 aromatic rings. The van der Waals surface area contributed by atoms with Crippen molar-refractivity contribution in [3.05, 3.63) is 29.3 Å². The highest BCUT2D eigenvalue weighted by Crippen LogP contribution is 2.21. The molecule has 0 heterocycles. The number of esters is 1. The van der Waals surface area contributed by atoms with E-state index in [4.69, 9.17) is 0 Å². The second kappa shape index (κ2) is 4.70. The predicted octanol–water partition coefficient (Wildman–Crippen LogP) is 1.48. The molecule has 0 N–H and O–H groups in total. The fourth-order valence-electron chi connectivity index (χ4n) is 1.08. The summed E-state index contributed by atoms with van der Waals surface area (Å²) in [6, 6.07) is 4.66. The molecule has 0 saturated carbocycles. The monoisotopic (exact) mass is 227 g/mol. The summed E-state index contributed by atoms with van der Waals surface area (Å²) in [5, 5.41) is 0. The Morgan fingerprint density at radius 3 is 2.60 bits per heavy atom. The van der Waals surface area contributed by atoms with E-state index in [2.05, 4.69) is 9.10 Å². The Kier molecular flexibility index (Phi) is 3.56. The Morgan fingerprint density at radius 2 is 2.07 bits per heavy atom. The molecule has 6 heteroatoms. The molecular formula is C9H9NO4S. The average Bonchev–Trinajstić information content (AvgIpc) is 2.16. The van der Waals surface area contributed by atoms with Crippen molar-refractivity contribution in [2.45, 2.75) is 6.92 Å². The van der Waals surface area contributed by atoms with Crippen LogP contribution < -0.4 is 0 Å². The zero-order chi connectivity index (χ0) is 11.4. The van der Waals surface area contributed by atoms with Crippen molar-refractivity contribution in [1.29, 1.82) is 0 Å². The smallest absolute Gasteiger partial charge is 0.340 e. The fourth-order valence-corrected chi connectivity index (χ4v) is 1.39. The molecule has 1 aromatic carbocycles. The van der Waals surface area contributed by atoms with Crippen LogP contribution >= 0.6 is 0 Å². The van der Waals surface area contributed by atoms with E-state index < -0.39 is 16.5 Å². The van der Waals surface area contributed by atoms with Crippen LogP contribution in [0, 0.1) is 6.92 Å². The third-order valence-electron chi connectivity index (χ3n) is 1.73. The van der Waals surface area contributed by atoms with Gasteiger partial charge in [0.2, 0.25) is 0 Å². The number of nitrogens with zero attached hydrogens (tertiary/aromatic N) is 1. The van der Waals surface area contributed by atoms with Crippen LogP contribution in [0.5, 0.6) is 0 Å². The molecule has 0 bridgehead atoms. The molecule has 0 amide bonds. The van der Waals surface area contributed by atoms with Crippen molar-refractivity contribution in [1.82, 2.24) is 0 Å². The van der Waals surface area contributed by atoms with Crippen molar-refractivity contribution in [2.75, 3.05) is 7.11 Å². The first-order chi connectivity index (χ1) is 7.04. The number of hydrogen-bond acceptors (Lipinski definition) is 5. The van der Waals surface area contributed by atoms with Crippen molar-refractivity contribution in [3.63, 3.8) is 0 Å². The molecule has 0 spiro atoms. The lowest BCUT2D eigenvalue weighted by molar-refractivity contribution is 0.0602. The Labute approximate surface area is 88.4 Å². The van der Waals surface area contributed by atoms with Gasteiger partial charge in [-0.2, -0.15) is 8.42 Å². The van der Waals surface area contributed by atoms with Crippen LogP contribution in [-0.4, -0.2) is 21.5 Å². The normalized spacial score (nSPS) is 9.47. The van der Waals surface area contributed by atoms with E-state index in [9.17, 15) is 13.2 Å². The largest absolute Gasteiger partial charge is 0.465 e. The lowest BCUT2D eigenvalue weighted by Crippen LogP contribution is -2.01. The van der Waals surface area contributed by atoms with Gasteiger partial charge >= 0.3 is 16.5 Å². The van der Waals surface area contributed by atoms with Crippen LogP contribution in [-0.2, 0) is 15.2 Å². The average molecular weight is 227 g/mol. The highest BCUT2D eigenvalue weighted by atomic mass is 32.2. The summed E-state index contributed by atoms with van der Waals surface area (Å²) in [7, 11) is -1.36. The highest BCUT2D eigenvalue weighted by molar-refractivity contribution is 7.61. The predicted molar refractivity (Wildman–Crippen MR) is 53.5 cm³/mol. The minimum Gasteiger partial charge on any atom is -0.465 e. The van der Waals surface area contributed by atoms with E-state index in [1.807, 2.05) is 0 Å². The van der Waals surface area contributed by atoms with Crippen LogP contribution in [0.25, 0.3) is 0 Å². The Bertz CT molecular complexity index is 511. The van der Waals surface area contributed by atoms with Crippen LogP contribution in [0.3, 0.4) is 0 Å². The molecule has 0 aliphatic heterocycles. The summed E-state index contributed by atoms with van der Waals surface area (Å²) in [6.07, 6.45) is 0. The summed E-state index contributed by atoms with van der Waals surface area (Å²) in [6.45, 7) is 1.77. The molecule has 0 aromatic heterocycles. The van der Waals surface area contributed by atoms with Crippen molar-refractivity contribution in [3.8, 4) is 0 Å². The minimum atomic E-state index is -2.59. The third kappa shape index (κ3) is 2.88. The molecule has 0 atom stereocenters. The van der Waals surface area contributed by atoms with Gasteiger partial charge in [0.25, 0.3) is 0 Å². The van der Waals surface area contributed by atoms with Gasteiger partial charge in [0.15, 0.2) is 0 Å².